The van der Waals surface area contributed by atoms with Gasteiger partial charge in [0.1, 0.15) is 16.8 Å². The maximum absolute atomic E-state index is 13.5. The lowest BCUT2D eigenvalue weighted by Gasteiger charge is -2.23. The third-order valence-electron chi connectivity index (χ3n) is 5.72. The summed E-state index contributed by atoms with van der Waals surface area (Å²) in [5, 5.41) is 20.6. The molecule has 14 heteroatoms. The number of hydrogen-bond donors (Lipinski definition) is 1. The summed E-state index contributed by atoms with van der Waals surface area (Å²) >= 11 is 12.6. The van der Waals surface area contributed by atoms with Crippen LogP contribution in [0.15, 0.2) is 54.0 Å². The van der Waals surface area contributed by atoms with Crippen LogP contribution in [0, 0.1) is 10.1 Å². The monoisotopic (exact) mass is 602 g/mol. The fourth-order valence-corrected chi connectivity index (χ4v) is 6.44. The third-order valence-corrected chi connectivity index (χ3v) is 8.48. The van der Waals surface area contributed by atoms with Crippen molar-refractivity contribution in [1.29, 1.82) is 0 Å². The smallest absolute Gasteiger partial charge is 0.328 e. The summed E-state index contributed by atoms with van der Waals surface area (Å²) in [4.78, 5) is 19.1. The van der Waals surface area contributed by atoms with E-state index in [1.165, 1.54) is 29.8 Å². The van der Waals surface area contributed by atoms with Crippen molar-refractivity contribution in [2.45, 2.75) is 11.7 Å². The molecule has 0 aliphatic carbocycles. The molecule has 0 fully saturated rings. The molecule has 0 aliphatic heterocycles. The van der Waals surface area contributed by atoms with Crippen LogP contribution in [-0.4, -0.2) is 68.5 Å². The van der Waals surface area contributed by atoms with Crippen LogP contribution in [0.4, 0.5) is 16.5 Å². The maximum atomic E-state index is 13.5. The number of pyridine rings is 1. The summed E-state index contributed by atoms with van der Waals surface area (Å²) in [5.74, 6) is 1.47. The van der Waals surface area contributed by atoms with Crippen molar-refractivity contribution < 1.29 is 22.6 Å². The summed E-state index contributed by atoms with van der Waals surface area (Å²) in [5.41, 5.74) is 1.41. The number of hydrogen-bond acceptors (Lipinski definition) is 10. The summed E-state index contributed by atoms with van der Waals surface area (Å²) in [6, 6.07) is 11.3. The second-order valence-corrected chi connectivity index (χ2v) is 11.6. The minimum Gasteiger partial charge on any atom is -0.395 e. The van der Waals surface area contributed by atoms with Gasteiger partial charge in [0.15, 0.2) is 0 Å². The van der Waals surface area contributed by atoms with Crippen molar-refractivity contribution >= 4 is 61.2 Å². The summed E-state index contributed by atoms with van der Waals surface area (Å²) in [7, 11) is -2.60. The minimum absolute atomic E-state index is 0.0438. The molecule has 2 heterocycles. The van der Waals surface area contributed by atoms with Gasteiger partial charge in [-0.15, -0.1) is 23.2 Å². The molecule has 206 valence electrons. The number of benzene rings is 1. The predicted octanol–water partition coefficient (Wildman–Crippen LogP) is 4.46. The van der Waals surface area contributed by atoms with E-state index in [0.29, 0.717) is 42.8 Å². The van der Waals surface area contributed by atoms with Crippen LogP contribution in [-0.2, 0) is 16.5 Å². The summed E-state index contributed by atoms with van der Waals surface area (Å²) in [6.45, 7) is 1.48. The number of anilines is 2. The molecule has 1 aromatic carbocycles. The Morgan fingerprint density at radius 3 is 2.34 bits per heavy atom. The predicted molar refractivity (Wildman–Crippen MR) is 152 cm³/mol. The van der Waals surface area contributed by atoms with Crippen molar-refractivity contribution in [3.63, 3.8) is 0 Å². The molecule has 3 rings (SSSR count). The van der Waals surface area contributed by atoms with Gasteiger partial charge in [-0.25, -0.2) is 4.98 Å². The van der Waals surface area contributed by atoms with Gasteiger partial charge in [0.25, 0.3) is 0 Å². The van der Waals surface area contributed by atoms with Gasteiger partial charge >= 0.3 is 15.1 Å². The lowest BCUT2D eigenvalue weighted by Crippen LogP contribution is -2.27. The van der Waals surface area contributed by atoms with Crippen LogP contribution in [0.1, 0.15) is 16.4 Å². The quantitative estimate of drug-likeness (QED) is 0.116. The Hall–Kier alpha value is -2.64. The number of alkyl halides is 2. The van der Waals surface area contributed by atoms with Gasteiger partial charge in [-0.1, -0.05) is 17.4 Å². The van der Waals surface area contributed by atoms with E-state index in [0.717, 1.165) is 17.0 Å². The van der Waals surface area contributed by atoms with Crippen molar-refractivity contribution in [2.75, 3.05) is 54.8 Å². The van der Waals surface area contributed by atoms with E-state index in [9.17, 15) is 18.5 Å². The largest absolute Gasteiger partial charge is 0.395 e. The van der Waals surface area contributed by atoms with Crippen LogP contribution in [0.25, 0.3) is 0 Å². The zero-order valence-electron chi connectivity index (χ0n) is 20.6. The number of aliphatic hydroxyl groups is 1. The first kappa shape index (κ1) is 29.9. The molecule has 3 aromatic rings. The number of aromatic nitrogens is 1. The number of rotatable bonds is 15. The number of halogens is 2. The molecule has 1 atom stereocenters. The average Bonchev–Trinajstić information content (AvgIpc) is 3.38. The van der Waals surface area contributed by atoms with E-state index < -0.39 is 20.3 Å². The van der Waals surface area contributed by atoms with Crippen LogP contribution in [0.5, 0.6) is 5.75 Å². The molecule has 0 saturated carbocycles. The molecule has 0 radical (unpaired) electrons. The van der Waals surface area contributed by atoms with Crippen molar-refractivity contribution in [2.24, 2.45) is 0 Å². The molecule has 1 N–H and O–H groups in total. The summed E-state index contributed by atoms with van der Waals surface area (Å²) in [6.07, 6.45) is 1.43. The van der Waals surface area contributed by atoms with E-state index in [1.807, 2.05) is 4.90 Å². The lowest BCUT2D eigenvalue weighted by molar-refractivity contribution is -0.380. The first-order valence-electron chi connectivity index (χ1n) is 11.6. The molecular weight excluding hydrogens is 575 g/mol. The van der Waals surface area contributed by atoms with Gasteiger partial charge in [-0.05, 0) is 53.8 Å². The number of aliphatic hydroxyl groups excluding tert-OH is 1. The first-order chi connectivity index (χ1) is 18.2. The first-order valence-corrected chi connectivity index (χ1v) is 15.0. The molecule has 10 nitrogen and oxygen atoms in total. The van der Waals surface area contributed by atoms with Gasteiger partial charge in [0, 0.05) is 50.3 Å². The van der Waals surface area contributed by atoms with E-state index in [-0.39, 0.29) is 29.3 Å². The van der Waals surface area contributed by atoms with Crippen LogP contribution in [0.2, 0.25) is 0 Å². The van der Waals surface area contributed by atoms with Crippen LogP contribution < -0.4 is 14.0 Å². The van der Waals surface area contributed by atoms with E-state index in [2.05, 4.69) is 4.98 Å². The highest BCUT2D eigenvalue weighted by Gasteiger charge is 2.36. The highest BCUT2D eigenvalue weighted by Crippen LogP contribution is 2.38. The van der Waals surface area contributed by atoms with Gasteiger partial charge in [0.2, 0.25) is 0 Å². The Balaban J connectivity index is 1.90. The highest BCUT2D eigenvalue weighted by atomic mass is 35.5. The van der Waals surface area contributed by atoms with Crippen LogP contribution >= 0.6 is 34.5 Å². The molecule has 0 saturated heterocycles. The Bertz CT molecular complexity index is 1280. The fraction of sp³-hybridized carbons (Fsp3) is 0.375. The van der Waals surface area contributed by atoms with Crippen LogP contribution in [0.3, 0.4) is 0 Å². The molecule has 0 aliphatic rings. The van der Waals surface area contributed by atoms with Gasteiger partial charge in [0.05, 0.1) is 17.1 Å². The molecule has 0 bridgehead atoms. The Morgan fingerprint density at radius 1 is 1.11 bits per heavy atom. The molecule has 38 heavy (non-hydrogen) atoms. The number of likely N-dealkylation sites (N-methyl/N-ethyl adjacent to an activating group) is 1. The summed E-state index contributed by atoms with van der Waals surface area (Å²) < 4.78 is 32.5. The SMILES string of the molecule is CN(CCO)c1ccc(CC(c2ccsc2[N+](=O)[O-])S(=O)(=O)Oc2ccc(N(CCCl)CCCl)cc2)cn1. The standard InChI is InChI=1S/C24H28Cl2N4O6S2/c1-28(13-14-31)23-7-2-18(17-27-23)16-22(21-8-15-37-24(21)30(32)33)38(34,35)36-20-5-3-19(4-6-20)29(11-9-25)12-10-26/h2-8,15,17,22,31H,9-14,16H2,1H3. The van der Waals surface area contributed by atoms with Gasteiger partial charge in [-0.2, -0.15) is 8.42 Å². The Morgan fingerprint density at radius 2 is 1.79 bits per heavy atom. The van der Waals surface area contributed by atoms with Crippen molar-refractivity contribution in [1.82, 2.24) is 4.98 Å². The lowest BCUT2D eigenvalue weighted by atomic mass is 10.1. The van der Waals surface area contributed by atoms with Gasteiger partial charge < -0.3 is 19.1 Å². The molecule has 1 unspecified atom stereocenters. The fourth-order valence-electron chi connectivity index (χ4n) is 3.79. The van der Waals surface area contributed by atoms with E-state index >= 15 is 0 Å². The molecule has 0 amide bonds. The molecule has 2 aromatic heterocycles. The zero-order chi connectivity index (χ0) is 27.7. The minimum atomic E-state index is -4.37. The molecule has 0 spiro atoms. The second-order valence-electron chi connectivity index (χ2n) is 8.24. The Labute approximate surface area is 235 Å². The second kappa shape index (κ2) is 13.9. The van der Waals surface area contributed by atoms with E-state index in [4.69, 9.17) is 32.5 Å². The molecular formula is C24H28Cl2N4O6S2. The van der Waals surface area contributed by atoms with E-state index in [1.54, 1.807) is 36.2 Å². The van der Waals surface area contributed by atoms with Gasteiger partial charge in [-0.3, -0.25) is 10.1 Å². The normalized spacial score (nSPS) is 12.2. The average molecular weight is 604 g/mol. The van der Waals surface area contributed by atoms with Crippen molar-refractivity contribution in [3.05, 3.63) is 75.3 Å². The van der Waals surface area contributed by atoms with Crippen molar-refractivity contribution in [3.8, 4) is 5.75 Å². The Kier molecular flexibility index (Phi) is 11.0. The number of thiophene rings is 1. The number of nitro groups is 1. The number of nitrogens with zero attached hydrogens (tertiary/aromatic N) is 4. The topological polar surface area (TPSA) is 126 Å². The zero-order valence-corrected chi connectivity index (χ0v) is 23.7. The maximum Gasteiger partial charge on any atom is 0.328 e. The third kappa shape index (κ3) is 7.70. The highest BCUT2D eigenvalue weighted by molar-refractivity contribution is 7.87.